The summed E-state index contributed by atoms with van der Waals surface area (Å²) in [6, 6.07) is 25.2. The number of tetrazole rings is 1. The van der Waals surface area contributed by atoms with E-state index < -0.39 is 6.04 Å². The van der Waals surface area contributed by atoms with Gasteiger partial charge in [-0.05, 0) is 40.3 Å². The maximum atomic E-state index is 12.9. The first kappa shape index (κ1) is 20.9. The molecule has 3 aromatic carbocycles. The summed E-state index contributed by atoms with van der Waals surface area (Å²) in [5.74, 6) is 0.142. The maximum absolute atomic E-state index is 12.9. The van der Waals surface area contributed by atoms with Gasteiger partial charge in [0.05, 0.1) is 12.5 Å². The highest BCUT2D eigenvalue weighted by molar-refractivity contribution is 5.96. The van der Waals surface area contributed by atoms with E-state index in [1.807, 2.05) is 54.6 Å². The van der Waals surface area contributed by atoms with E-state index in [2.05, 4.69) is 26.2 Å². The quantitative estimate of drug-likeness (QED) is 0.472. The Morgan fingerprint density at radius 1 is 0.938 bits per heavy atom. The lowest BCUT2D eigenvalue weighted by atomic mass is 10.0. The van der Waals surface area contributed by atoms with Crippen LogP contribution in [0.25, 0.3) is 11.4 Å². The Hall–Kier alpha value is -4.33. The lowest BCUT2D eigenvalue weighted by Gasteiger charge is -2.19. The SMILES string of the molecule is Cn1nnnc1-c1cccc(NC(=O)CC(NC(=O)c2ccccc2)c2ccccc2)c1. The van der Waals surface area contributed by atoms with E-state index in [0.29, 0.717) is 17.1 Å². The Morgan fingerprint density at radius 3 is 2.34 bits per heavy atom. The van der Waals surface area contributed by atoms with Gasteiger partial charge in [0, 0.05) is 23.9 Å². The molecule has 1 heterocycles. The fraction of sp³-hybridized carbons (Fsp3) is 0.125. The van der Waals surface area contributed by atoms with E-state index in [1.165, 1.54) is 0 Å². The number of nitrogens with zero attached hydrogens (tertiary/aromatic N) is 4. The van der Waals surface area contributed by atoms with Crippen LogP contribution in [0, 0.1) is 0 Å². The van der Waals surface area contributed by atoms with E-state index in [0.717, 1.165) is 11.1 Å². The van der Waals surface area contributed by atoms with Crippen molar-refractivity contribution in [1.82, 2.24) is 25.5 Å². The van der Waals surface area contributed by atoms with Crippen molar-refractivity contribution >= 4 is 17.5 Å². The van der Waals surface area contributed by atoms with Crippen LogP contribution in [0.2, 0.25) is 0 Å². The predicted octanol–water partition coefficient (Wildman–Crippen LogP) is 3.38. The smallest absolute Gasteiger partial charge is 0.251 e. The van der Waals surface area contributed by atoms with Crippen molar-refractivity contribution in [3.8, 4) is 11.4 Å². The molecule has 4 rings (SSSR count). The van der Waals surface area contributed by atoms with Crippen LogP contribution in [0.1, 0.15) is 28.4 Å². The first-order valence-electron chi connectivity index (χ1n) is 10.1. The lowest BCUT2D eigenvalue weighted by molar-refractivity contribution is -0.116. The summed E-state index contributed by atoms with van der Waals surface area (Å²) in [5.41, 5.74) is 2.80. The summed E-state index contributed by atoms with van der Waals surface area (Å²) >= 11 is 0. The Kier molecular flexibility index (Phi) is 6.31. The van der Waals surface area contributed by atoms with Crippen molar-refractivity contribution in [2.75, 3.05) is 5.32 Å². The van der Waals surface area contributed by atoms with Crippen LogP contribution >= 0.6 is 0 Å². The molecule has 160 valence electrons. The molecule has 0 saturated carbocycles. The van der Waals surface area contributed by atoms with Crippen LogP contribution < -0.4 is 10.6 Å². The van der Waals surface area contributed by atoms with Gasteiger partial charge in [-0.2, -0.15) is 0 Å². The van der Waals surface area contributed by atoms with Gasteiger partial charge in [0.2, 0.25) is 5.91 Å². The summed E-state index contributed by atoms with van der Waals surface area (Å²) in [4.78, 5) is 25.6. The average Bonchev–Trinajstić information content (AvgIpc) is 3.26. The molecule has 1 atom stereocenters. The number of hydrogen-bond acceptors (Lipinski definition) is 5. The summed E-state index contributed by atoms with van der Waals surface area (Å²) in [6.45, 7) is 0. The number of hydrogen-bond donors (Lipinski definition) is 2. The van der Waals surface area contributed by atoms with E-state index in [9.17, 15) is 9.59 Å². The molecule has 0 aliphatic heterocycles. The molecule has 0 aliphatic rings. The minimum atomic E-state index is -0.477. The molecule has 0 aliphatic carbocycles. The van der Waals surface area contributed by atoms with Crippen LogP contribution in [0.4, 0.5) is 5.69 Å². The molecule has 1 aromatic heterocycles. The Labute approximate surface area is 185 Å². The zero-order valence-electron chi connectivity index (χ0n) is 17.5. The number of carbonyl (C=O) groups is 2. The summed E-state index contributed by atoms with van der Waals surface area (Å²) < 4.78 is 1.56. The molecule has 0 saturated heterocycles. The minimum Gasteiger partial charge on any atom is -0.345 e. The lowest BCUT2D eigenvalue weighted by Crippen LogP contribution is -2.31. The Balaban J connectivity index is 1.49. The van der Waals surface area contributed by atoms with E-state index >= 15 is 0 Å². The first-order chi connectivity index (χ1) is 15.6. The zero-order valence-corrected chi connectivity index (χ0v) is 17.5. The van der Waals surface area contributed by atoms with Gasteiger partial charge in [0.25, 0.3) is 5.91 Å². The van der Waals surface area contributed by atoms with Crippen molar-refractivity contribution in [1.29, 1.82) is 0 Å². The number of aromatic nitrogens is 4. The highest BCUT2D eigenvalue weighted by atomic mass is 16.2. The highest BCUT2D eigenvalue weighted by Crippen LogP contribution is 2.22. The molecule has 8 heteroatoms. The zero-order chi connectivity index (χ0) is 22.3. The van der Waals surface area contributed by atoms with Crippen molar-refractivity contribution in [3.05, 3.63) is 96.1 Å². The van der Waals surface area contributed by atoms with Crippen LogP contribution in [0.5, 0.6) is 0 Å². The largest absolute Gasteiger partial charge is 0.345 e. The second-order valence-corrected chi connectivity index (χ2v) is 7.26. The normalized spacial score (nSPS) is 11.5. The monoisotopic (exact) mass is 426 g/mol. The van der Waals surface area contributed by atoms with Gasteiger partial charge in [-0.1, -0.05) is 60.7 Å². The van der Waals surface area contributed by atoms with E-state index in [-0.39, 0.29) is 18.2 Å². The van der Waals surface area contributed by atoms with Crippen molar-refractivity contribution in [2.45, 2.75) is 12.5 Å². The van der Waals surface area contributed by atoms with E-state index in [1.54, 1.807) is 42.1 Å². The van der Waals surface area contributed by atoms with Crippen LogP contribution in [-0.2, 0) is 11.8 Å². The van der Waals surface area contributed by atoms with Gasteiger partial charge in [-0.25, -0.2) is 4.68 Å². The molecule has 8 nitrogen and oxygen atoms in total. The van der Waals surface area contributed by atoms with Crippen LogP contribution in [0.3, 0.4) is 0 Å². The molecular weight excluding hydrogens is 404 g/mol. The fourth-order valence-corrected chi connectivity index (χ4v) is 3.38. The standard InChI is InChI=1S/C24H22N6O2/c1-30-23(27-28-29-30)19-13-8-14-20(15-19)25-22(31)16-21(17-9-4-2-5-10-17)26-24(32)18-11-6-3-7-12-18/h2-15,21H,16H2,1H3,(H,25,31)(H,26,32). The predicted molar refractivity (Wildman–Crippen MR) is 121 cm³/mol. The topological polar surface area (TPSA) is 102 Å². The maximum Gasteiger partial charge on any atom is 0.251 e. The van der Waals surface area contributed by atoms with E-state index in [4.69, 9.17) is 0 Å². The molecule has 4 aromatic rings. The number of anilines is 1. The van der Waals surface area contributed by atoms with Crippen molar-refractivity contribution in [2.24, 2.45) is 7.05 Å². The average molecular weight is 426 g/mol. The van der Waals surface area contributed by atoms with Gasteiger partial charge >= 0.3 is 0 Å². The number of rotatable bonds is 7. The molecule has 0 radical (unpaired) electrons. The van der Waals surface area contributed by atoms with Gasteiger partial charge in [-0.3, -0.25) is 9.59 Å². The fourth-order valence-electron chi connectivity index (χ4n) is 3.38. The third-order valence-electron chi connectivity index (χ3n) is 4.96. The van der Waals surface area contributed by atoms with Crippen molar-refractivity contribution < 1.29 is 9.59 Å². The Morgan fingerprint density at radius 2 is 1.66 bits per heavy atom. The second-order valence-electron chi connectivity index (χ2n) is 7.26. The molecule has 2 amide bonds. The molecule has 1 unspecified atom stereocenters. The number of aryl methyl sites for hydroxylation is 1. The van der Waals surface area contributed by atoms with Gasteiger partial charge < -0.3 is 10.6 Å². The summed E-state index contributed by atoms with van der Waals surface area (Å²) in [6.07, 6.45) is 0.0817. The first-order valence-corrected chi connectivity index (χ1v) is 10.1. The highest BCUT2D eigenvalue weighted by Gasteiger charge is 2.19. The van der Waals surface area contributed by atoms with Crippen molar-refractivity contribution in [3.63, 3.8) is 0 Å². The van der Waals surface area contributed by atoms with Gasteiger partial charge in [0.15, 0.2) is 5.82 Å². The second kappa shape index (κ2) is 9.65. The Bertz CT molecular complexity index is 1210. The number of amides is 2. The van der Waals surface area contributed by atoms with Crippen LogP contribution in [-0.4, -0.2) is 32.0 Å². The number of benzene rings is 3. The summed E-state index contributed by atoms with van der Waals surface area (Å²) in [7, 11) is 1.75. The molecular formula is C24H22N6O2. The van der Waals surface area contributed by atoms with Gasteiger partial charge in [0.1, 0.15) is 0 Å². The minimum absolute atomic E-state index is 0.0817. The number of nitrogens with one attached hydrogen (secondary N) is 2. The summed E-state index contributed by atoms with van der Waals surface area (Å²) in [5, 5.41) is 17.4. The molecule has 0 fully saturated rings. The van der Waals surface area contributed by atoms with Crippen LogP contribution in [0.15, 0.2) is 84.9 Å². The molecule has 0 spiro atoms. The third kappa shape index (κ3) is 5.04. The molecule has 2 N–H and O–H groups in total. The molecule has 32 heavy (non-hydrogen) atoms. The molecule has 0 bridgehead atoms. The van der Waals surface area contributed by atoms with Gasteiger partial charge in [-0.15, -0.1) is 5.10 Å². The number of carbonyl (C=O) groups excluding carboxylic acids is 2. The third-order valence-corrected chi connectivity index (χ3v) is 4.96.